The van der Waals surface area contributed by atoms with Crippen molar-refractivity contribution < 1.29 is 14.4 Å². The molecule has 0 saturated carbocycles. The second kappa shape index (κ2) is 9.17. The largest absolute Gasteiger partial charge is 0.345 e. The van der Waals surface area contributed by atoms with Crippen molar-refractivity contribution >= 4 is 23.4 Å². The number of rotatable bonds is 6. The maximum atomic E-state index is 12.8. The molecular formula is C22H27N3O3. The zero-order valence-electron chi connectivity index (χ0n) is 16.9. The third kappa shape index (κ3) is 5.19. The van der Waals surface area contributed by atoms with Crippen molar-refractivity contribution in [2.24, 2.45) is 5.92 Å². The van der Waals surface area contributed by atoms with Gasteiger partial charge >= 0.3 is 0 Å². The number of nitrogens with zero attached hydrogens (tertiary/aromatic N) is 1. The van der Waals surface area contributed by atoms with E-state index < -0.39 is 6.04 Å². The fourth-order valence-corrected chi connectivity index (χ4v) is 2.79. The molecule has 148 valence electrons. The Kier molecular flexibility index (Phi) is 6.93. The van der Waals surface area contributed by atoms with E-state index >= 15 is 0 Å². The van der Waals surface area contributed by atoms with E-state index in [0.717, 1.165) is 5.56 Å². The molecule has 3 amide bonds. The predicted octanol–water partition coefficient (Wildman–Crippen LogP) is 3.09. The minimum atomic E-state index is -0.708. The van der Waals surface area contributed by atoms with Gasteiger partial charge < -0.3 is 15.5 Å². The van der Waals surface area contributed by atoms with Crippen LogP contribution >= 0.6 is 0 Å². The van der Waals surface area contributed by atoms with E-state index in [1.807, 2.05) is 32.9 Å². The first-order valence-corrected chi connectivity index (χ1v) is 9.19. The average Bonchev–Trinajstić information content (AvgIpc) is 2.65. The van der Waals surface area contributed by atoms with Crippen molar-refractivity contribution in [2.75, 3.05) is 19.4 Å². The van der Waals surface area contributed by atoms with Gasteiger partial charge in [0.05, 0.1) is 0 Å². The summed E-state index contributed by atoms with van der Waals surface area (Å²) in [5.74, 6) is -0.876. The topological polar surface area (TPSA) is 78.5 Å². The molecule has 0 heterocycles. The van der Waals surface area contributed by atoms with Gasteiger partial charge in [0.15, 0.2) is 0 Å². The van der Waals surface area contributed by atoms with Crippen LogP contribution in [-0.4, -0.2) is 42.8 Å². The van der Waals surface area contributed by atoms with E-state index in [0.29, 0.717) is 16.8 Å². The van der Waals surface area contributed by atoms with Crippen molar-refractivity contribution in [3.05, 3.63) is 65.2 Å². The van der Waals surface area contributed by atoms with Crippen LogP contribution in [0.1, 0.15) is 40.1 Å². The van der Waals surface area contributed by atoms with E-state index in [4.69, 9.17) is 0 Å². The number of aryl methyl sites for hydroxylation is 1. The van der Waals surface area contributed by atoms with Crippen LogP contribution < -0.4 is 10.6 Å². The van der Waals surface area contributed by atoms with Crippen LogP contribution in [0.25, 0.3) is 0 Å². The minimum Gasteiger partial charge on any atom is -0.345 e. The molecule has 28 heavy (non-hydrogen) atoms. The summed E-state index contributed by atoms with van der Waals surface area (Å²) in [7, 11) is 3.34. The van der Waals surface area contributed by atoms with Gasteiger partial charge in [-0.25, -0.2) is 0 Å². The Balaban J connectivity index is 2.16. The van der Waals surface area contributed by atoms with Crippen LogP contribution in [0.3, 0.4) is 0 Å². The first-order valence-electron chi connectivity index (χ1n) is 9.19. The predicted molar refractivity (Wildman–Crippen MR) is 110 cm³/mol. The molecule has 0 radical (unpaired) electrons. The molecule has 0 aromatic heterocycles. The van der Waals surface area contributed by atoms with Gasteiger partial charge in [0.2, 0.25) is 5.91 Å². The highest BCUT2D eigenvalue weighted by Crippen LogP contribution is 2.15. The number of benzene rings is 2. The van der Waals surface area contributed by atoms with E-state index in [1.165, 1.54) is 4.90 Å². The van der Waals surface area contributed by atoms with Crippen LogP contribution in [0.15, 0.2) is 48.5 Å². The Morgan fingerprint density at radius 1 is 0.964 bits per heavy atom. The number of hydrogen-bond acceptors (Lipinski definition) is 3. The molecule has 6 nitrogen and oxygen atoms in total. The average molecular weight is 381 g/mol. The van der Waals surface area contributed by atoms with Gasteiger partial charge in [0.1, 0.15) is 6.04 Å². The second-order valence-electron chi connectivity index (χ2n) is 7.28. The summed E-state index contributed by atoms with van der Waals surface area (Å²) in [6, 6.07) is 13.3. The quantitative estimate of drug-likeness (QED) is 0.807. The molecule has 1 unspecified atom stereocenters. The number of carbonyl (C=O) groups excluding carboxylic acids is 3. The van der Waals surface area contributed by atoms with Crippen molar-refractivity contribution in [3.63, 3.8) is 0 Å². The van der Waals surface area contributed by atoms with E-state index in [-0.39, 0.29) is 23.6 Å². The van der Waals surface area contributed by atoms with Gasteiger partial charge in [-0.15, -0.1) is 0 Å². The maximum Gasteiger partial charge on any atom is 0.253 e. The van der Waals surface area contributed by atoms with Gasteiger partial charge in [0, 0.05) is 30.9 Å². The van der Waals surface area contributed by atoms with Crippen LogP contribution in [0.2, 0.25) is 0 Å². The van der Waals surface area contributed by atoms with Crippen molar-refractivity contribution in [3.8, 4) is 0 Å². The molecule has 0 fully saturated rings. The molecule has 0 aliphatic rings. The summed E-state index contributed by atoms with van der Waals surface area (Å²) in [5.41, 5.74) is 2.37. The number of amides is 3. The normalized spacial score (nSPS) is 11.6. The van der Waals surface area contributed by atoms with E-state index in [1.54, 1.807) is 50.5 Å². The lowest BCUT2D eigenvalue weighted by molar-refractivity contribution is -0.118. The second-order valence-corrected chi connectivity index (χ2v) is 7.28. The van der Waals surface area contributed by atoms with Crippen LogP contribution in [0, 0.1) is 12.8 Å². The van der Waals surface area contributed by atoms with E-state index in [2.05, 4.69) is 10.6 Å². The zero-order valence-corrected chi connectivity index (χ0v) is 16.9. The van der Waals surface area contributed by atoms with E-state index in [9.17, 15) is 14.4 Å². The lowest BCUT2D eigenvalue weighted by atomic mass is 10.0. The van der Waals surface area contributed by atoms with Crippen LogP contribution in [0.4, 0.5) is 5.69 Å². The van der Waals surface area contributed by atoms with Gasteiger partial charge in [-0.1, -0.05) is 38.1 Å². The summed E-state index contributed by atoms with van der Waals surface area (Å²) < 4.78 is 0. The molecule has 2 N–H and O–H groups in total. The van der Waals surface area contributed by atoms with Crippen molar-refractivity contribution in [2.45, 2.75) is 26.8 Å². The maximum absolute atomic E-state index is 12.8. The Hall–Kier alpha value is -3.15. The first kappa shape index (κ1) is 21.2. The van der Waals surface area contributed by atoms with Gasteiger partial charge in [0.25, 0.3) is 11.8 Å². The fourth-order valence-electron chi connectivity index (χ4n) is 2.79. The Morgan fingerprint density at radius 2 is 1.64 bits per heavy atom. The first-order chi connectivity index (χ1) is 13.2. The molecule has 0 aliphatic carbocycles. The molecule has 2 aromatic carbocycles. The number of carbonyl (C=O) groups is 3. The lowest BCUT2D eigenvalue weighted by Gasteiger charge is -2.22. The molecule has 1 atom stereocenters. The van der Waals surface area contributed by atoms with Crippen molar-refractivity contribution in [1.82, 2.24) is 10.2 Å². The van der Waals surface area contributed by atoms with Crippen LogP contribution in [0.5, 0.6) is 0 Å². The molecular weight excluding hydrogens is 354 g/mol. The monoisotopic (exact) mass is 381 g/mol. The summed E-state index contributed by atoms with van der Waals surface area (Å²) in [6.07, 6.45) is 0. The summed E-state index contributed by atoms with van der Waals surface area (Å²) >= 11 is 0. The molecule has 2 rings (SSSR count). The lowest BCUT2D eigenvalue weighted by Crippen LogP contribution is -2.47. The summed E-state index contributed by atoms with van der Waals surface area (Å²) in [6.45, 7) is 5.59. The fraction of sp³-hybridized carbons (Fsp3) is 0.318. The molecule has 0 saturated heterocycles. The summed E-state index contributed by atoms with van der Waals surface area (Å²) in [5, 5.41) is 5.63. The molecule has 0 spiro atoms. The molecule has 0 bridgehead atoms. The SMILES string of the molecule is Cc1ccccc1C(=O)NC(C(=O)Nc1cccc(C(=O)N(C)C)c1)C(C)C. The molecule has 2 aromatic rings. The Morgan fingerprint density at radius 3 is 2.25 bits per heavy atom. The third-order valence-electron chi connectivity index (χ3n) is 4.41. The minimum absolute atomic E-state index is 0.112. The standard InChI is InChI=1S/C22H27N3O3/c1-14(2)19(24-20(26)18-12-7-6-9-15(18)3)21(27)23-17-11-8-10-16(13-17)22(28)25(4)5/h6-14,19H,1-5H3,(H,23,27)(H,24,26). The molecule has 0 aliphatic heterocycles. The van der Waals surface area contributed by atoms with Gasteiger partial charge in [-0.2, -0.15) is 0 Å². The highest BCUT2D eigenvalue weighted by Gasteiger charge is 2.25. The van der Waals surface area contributed by atoms with Crippen molar-refractivity contribution in [1.29, 1.82) is 0 Å². The Bertz CT molecular complexity index is 875. The number of anilines is 1. The summed E-state index contributed by atoms with van der Waals surface area (Å²) in [4.78, 5) is 39.0. The third-order valence-corrected chi connectivity index (χ3v) is 4.41. The van der Waals surface area contributed by atoms with Gasteiger partial charge in [-0.05, 0) is 42.7 Å². The highest BCUT2D eigenvalue weighted by molar-refractivity contribution is 6.02. The molecule has 6 heteroatoms. The Labute approximate surface area is 165 Å². The number of hydrogen-bond donors (Lipinski definition) is 2. The number of nitrogens with one attached hydrogen (secondary N) is 2. The zero-order chi connectivity index (χ0) is 20.8. The smallest absolute Gasteiger partial charge is 0.253 e. The highest BCUT2D eigenvalue weighted by atomic mass is 16.2. The van der Waals surface area contributed by atoms with Gasteiger partial charge in [-0.3, -0.25) is 14.4 Å². The van der Waals surface area contributed by atoms with Crippen LogP contribution in [-0.2, 0) is 4.79 Å².